The van der Waals surface area contributed by atoms with E-state index in [1.807, 2.05) is 0 Å². The summed E-state index contributed by atoms with van der Waals surface area (Å²) in [5.41, 5.74) is 0. The Labute approximate surface area is 162 Å². The Morgan fingerprint density at radius 3 is 1.73 bits per heavy atom. The molecule has 0 amide bonds. The summed E-state index contributed by atoms with van der Waals surface area (Å²) in [6.45, 7) is 5.27. The van der Waals surface area contributed by atoms with Crippen molar-refractivity contribution >= 4 is 6.16 Å². The third-order valence-corrected chi connectivity index (χ3v) is 4.28. The van der Waals surface area contributed by atoms with Gasteiger partial charge in [0.15, 0.2) is 0 Å². The summed E-state index contributed by atoms with van der Waals surface area (Å²) in [4.78, 5) is 11.2. The van der Waals surface area contributed by atoms with E-state index in [4.69, 9.17) is 9.47 Å². The molecule has 0 rings (SSSR count). The average molecular weight is 367 g/mol. The molecule has 0 aromatic carbocycles. The van der Waals surface area contributed by atoms with Gasteiger partial charge in [0.05, 0.1) is 13.2 Å². The first-order valence-electron chi connectivity index (χ1n) is 10.9. The highest BCUT2D eigenvalue weighted by Gasteiger charge is 2.02. The lowest BCUT2D eigenvalue weighted by Gasteiger charge is -2.05. The Kier molecular flexibility index (Phi) is 20.7. The van der Waals surface area contributed by atoms with Crippen molar-refractivity contribution in [1.29, 1.82) is 0 Å². The SMILES string of the molecule is CCCCCC=CCC=CCCCCCCCCOC(=O)OCCCC. The Balaban J connectivity index is 3.21. The van der Waals surface area contributed by atoms with E-state index in [1.54, 1.807) is 0 Å². The molecule has 0 bridgehead atoms. The first-order valence-corrected chi connectivity index (χ1v) is 10.9. The Hall–Kier alpha value is -1.25. The van der Waals surface area contributed by atoms with Crippen molar-refractivity contribution in [3.8, 4) is 0 Å². The molecule has 152 valence electrons. The average Bonchev–Trinajstić information content (AvgIpc) is 2.64. The van der Waals surface area contributed by atoms with Gasteiger partial charge >= 0.3 is 6.16 Å². The van der Waals surface area contributed by atoms with Crippen molar-refractivity contribution in [1.82, 2.24) is 0 Å². The molecule has 0 aliphatic heterocycles. The van der Waals surface area contributed by atoms with Crippen LogP contribution in [-0.2, 0) is 9.47 Å². The van der Waals surface area contributed by atoms with Crippen LogP contribution >= 0.6 is 0 Å². The van der Waals surface area contributed by atoms with E-state index >= 15 is 0 Å². The predicted octanol–water partition coefficient (Wildman–Crippen LogP) is 7.75. The molecule has 0 aliphatic rings. The van der Waals surface area contributed by atoms with E-state index < -0.39 is 6.16 Å². The van der Waals surface area contributed by atoms with Crippen LogP contribution in [0.2, 0.25) is 0 Å². The van der Waals surface area contributed by atoms with E-state index in [0.717, 1.165) is 32.1 Å². The smallest absolute Gasteiger partial charge is 0.434 e. The minimum absolute atomic E-state index is 0.471. The van der Waals surface area contributed by atoms with E-state index in [2.05, 4.69) is 38.2 Å². The van der Waals surface area contributed by atoms with Crippen molar-refractivity contribution in [2.45, 2.75) is 104 Å². The summed E-state index contributed by atoms with van der Waals surface area (Å²) in [6.07, 6.45) is 25.2. The van der Waals surface area contributed by atoms with Crippen molar-refractivity contribution in [3.63, 3.8) is 0 Å². The number of carbonyl (C=O) groups is 1. The zero-order chi connectivity index (χ0) is 19.1. The van der Waals surface area contributed by atoms with Gasteiger partial charge in [-0.05, 0) is 44.9 Å². The maximum atomic E-state index is 11.2. The molecule has 0 aromatic heterocycles. The highest BCUT2D eigenvalue weighted by Crippen LogP contribution is 2.08. The van der Waals surface area contributed by atoms with Crippen LogP contribution in [0.1, 0.15) is 104 Å². The molecular weight excluding hydrogens is 324 g/mol. The number of hydrogen-bond donors (Lipinski definition) is 0. The monoisotopic (exact) mass is 366 g/mol. The lowest BCUT2D eigenvalue weighted by Crippen LogP contribution is -2.09. The quantitative estimate of drug-likeness (QED) is 0.141. The Bertz CT molecular complexity index is 347. The molecule has 0 N–H and O–H groups in total. The van der Waals surface area contributed by atoms with E-state index in [1.165, 1.54) is 57.8 Å². The fourth-order valence-corrected chi connectivity index (χ4v) is 2.59. The van der Waals surface area contributed by atoms with Gasteiger partial charge in [0.2, 0.25) is 0 Å². The number of rotatable bonds is 18. The topological polar surface area (TPSA) is 35.5 Å². The largest absolute Gasteiger partial charge is 0.508 e. The Morgan fingerprint density at radius 1 is 0.615 bits per heavy atom. The molecule has 0 saturated carbocycles. The molecule has 26 heavy (non-hydrogen) atoms. The second kappa shape index (κ2) is 21.8. The lowest BCUT2D eigenvalue weighted by atomic mass is 10.1. The van der Waals surface area contributed by atoms with Gasteiger partial charge in [0.1, 0.15) is 0 Å². The molecule has 0 radical (unpaired) electrons. The van der Waals surface area contributed by atoms with Crippen LogP contribution in [0.25, 0.3) is 0 Å². The Morgan fingerprint density at radius 2 is 1.12 bits per heavy atom. The van der Waals surface area contributed by atoms with E-state index in [0.29, 0.717) is 13.2 Å². The summed E-state index contributed by atoms with van der Waals surface area (Å²) in [5.74, 6) is 0. The number of carbonyl (C=O) groups excluding carboxylic acids is 1. The fraction of sp³-hybridized carbons (Fsp3) is 0.783. The summed E-state index contributed by atoms with van der Waals surface area (Å²) < 4.78 is 9.97. The van der Waals surface area contributed by atoms with Crippen LogP contribution < -0.4 is 0 Å². The predicted molar refractivity (Wildman–Crippen MR) is 112 cm³/mol. The summed E-state index contributed by atoms with van der Waals surface area (Å²) in [5, 5.41) is 0. The van der Waals surface area contributed by atoms with Crippen LogP contribution in [0.5, 0.6) is 0 Å². The number of ether oxygens (including phenoxy) is 2. The van der Waals surface area contributed by atoms with Gasteiger partial charge in [-0.15, -0.1) is 0 Å². The summed E-state index contributed by atoms with van der Waals surface area (Å²) >= 11 is 0. The third kappa shape index (κ3) is 20.8. The van der Waals surface area contributed by atoms with Crippen LogP contribution in [0.3, 0.4) is 0 Å². The van der Waals surface area contributed by atoms with Gasteiger partial charge < -0.3 is 9.47 Å². The third-order valence-electron chi connectivity index (χ3n) is 4.28. The second-order valence-electron chi connectivity index (χ2n) is 6.88. The van der Waals surface area contributed by atoms with Gasteiger partial charge in [-0.3, -0.25) is 0 Å². The zero-order valence-electron chi connectivity index (χ0n) is 17.3. The highest BCUT2D eigenvalue weighted by molar-refractivity contribution is 5.59. The molecule has 0 spiro atoms. The number of allylic oxidation sites excluding steroid dienone is 4. The maximum Gasteiger partial charge on any atom is 0.508 e. The maximum absolute atomic E-state index is 11.2. The molecule has 0 heterocycles. The minimum atomic E-state index is -0.513. The van der Waals surface area contributed by atoms with Crippen molar-refractivity contribution < 1.29 is 14.3 Å². The van der Waals surface area contributed by atoms with Gasteiger partial charge in [0, 0.05) is 0 Å². The molecule has 0 atom stereocenters. The fourth-order valence-electron chi connectivity index (χ4n) is 2.59. The van der Waals surface area contributed by atoms with Gasteiger partial charge in [-0.1, -0.05) is 83.1 Å². The molecule has 0 saturated heterocycles. The number of unbranched alkanes of at least 4 members (excludes halogenated alkanes) is 10. The molecular formula is C23H42O3. The summed E-state index contributed by atoms with van der Waals surface area (Å²) in [7, 11) is 0. The molecule has 0 aromatic rings. The standard InChI is InChI=1S/C23H42O3/c1-3-5-7-8-9-10-11-12-13-14-15-16-17-18-19-20-22-26-23(24)25-21-6-4-2/h9-10,12-13H,3-8,11,14-22H2,1-2H3. The van der Waals surface area contributed by atoms with Crippen LogP contribution in [-0.4, -0.2) is 19.4 Å². The first-order chi connectivity index (χ1) is 12.8. The van der Waals surface area contributed by atoms with Gasteiger partial charge in [-0.2, -0.15) is 0 Å². The molecule has 3 nitrogen and oxygen atoms in total. The minimum Gasteiger partial charge on any atom is -0.434 e. The van der Waals surface area contributed by atoms with Crippen molar-refractivity contribution in [3.05, 3.63) is 24.3 Å². The highest BCUT2D eigenvalue weighted by atomic mass is 16.7. The second-order valence-corrected chi connectivity index (χ2v) is 6.88. The van der Waals surface area contributed by atoms with E-state index in [9.17, 15) is 4.79 Å². The molecule has 3 heteroatoms. The zero-order valence-corrected chi connectivity index (χ0v) is 17.3. The van der Waals surface area contributed by atoms with E-state index in [-0.39, 0.29) is 0 Å². The van der Waals surface area contributed by atoms with Gasteiger partial charge in [0.25, 0.3) is 0 Å². The lowest BCUT2D eigenvalue weighted by molar-refractivity contribution is 0.0532. The molecule has 0 aliphatic carbocycles. The summed E-state index contributed by atoms with van der Waals surface area (Å²) in [6, 6.07) is 0. The first kappa shape index (κ1) is 24.8. The molecule has 0 fully saturated rings. The van der Waals surface area contributed by atoms with Crippen molar-refractivity contribution in [2.24, 2.45) is 0 Å². The number of hydrogen-bond acceptors (Lipinski definition) is 3. The normalized spacial score (nSPS) is 11.5. The van der Waals surface area contributed by atoms with Crippen LogP contribution in [0, 0.1) is 0 Å². The van der Waals surface area contributed by atoms with Crippen LogP contribution in [0.15, 0.2) is 24.3 Å². The molecule has 0 unspecified atom stereocenters. The van der Waals surface area contributed by atoms with Crippen LogP contribution in [0.4, 0.5) is 4.79 Å². The van der Waals surface area contributed by atoms with Crippen molar-refractivity contribution in [2.75, 3.05) is 13.2 Å². The van der Waals surface area contributed by atoms with Gasteiger partial charge in [-0.25, -0.2) is 4.79 Å².